The van der Waals surface area contributed by atoms with Gasteiger partial charge >= 0.3 is 0 Å². The predicted octanol–water partition coefficient (Wildman–Crippen LogP) is 5.05. The van der Waals surface area contributed by atoms with Crippen molar-refractivity contribution in [3.8, 4) is 0 Å². The highest BCUT2D eigenvalue weighted by atomic mass is 35.5. The fourth-order valence-corrected chi connectivity index (χ4v) is 3.69. The second-order valence-electron chi connectivity index (χ2n) is 6.02. The van der Waals surface area contributed by atoms with Crippen molar-refractivity contribution in [3.05, 3.63) is 57.2 Å². The molecule has 1 nitrogen and oxygen atoms in total. The largest absolute Gasteiger partial charge is 0.316 e. The molecule has 0 saturated heterocycles. The van der Waals surface area contributed by atoms with E-state index in [1.165, 1.54) is 10.4 Å². The van der Waals surface area contributed by atoms with E-state index in [9.17, 15) is 0 Å². The summed E-state index contributed by atoms with van der Waals surface area (Å²) in [6.45, 7) is 6.63. The monoisotopic (exact) mass is 321 g/mol. The Morgan fingerprint density at radius 1 is 1.00 bits per heavy atom. The second kappa shape index (κ2) is 8.57. The van der Waals surface area contributed by atoms with Crippen LogP contribution in [0.4, 0.5) is 0 Å². The first kappa shape index (κ1) is 16.5. The average Bonchev–Trinajstić information content (AvgIpc) is 2.85. The molecule has 0 radical (unpaired) electrons. The van der Waals surface area contributed by atoms with Crippen LogP contribution >= 0.6 is 22.9 Å². The van der Waals surface area contributed by atoms with Crippen LogP contribution in [-0.4, -0.2) is 13.1 Å². The van der Waals surface area contributed by atoms with Gasteiger partial charge in [-0.05, 0) is 55.5 Å². The summed E-state index contributed by atoms with van der Waals surface area (Å²) >= 11 is 7.76. The molecular weight excluding hydrogens is 298 g/mol. The lowest BCUT2D eigenvalue weighted by Crippen LogP contribution is -2.28. The minimum Gasteiger partial charge on any atom is -0.316 e. The number of hydrogen-bond acceptors (Lipinski definition) is 2. The number of thiophene rings is 1. The average molecular weight is 322 g/mol. The Balaban J connectivity index is 1.95. The van der Waals surface area contributed by atoms with Crippen LogP contribution in [0.25, 0.3) is 0 Å². The number of benzene rings is 1. The van der Waals surface area contributed by atoms with E-state index in [0.717, 1.165) is 30.3 Å². The first-order chi connectivity index (χ1) is 10.1. The molecule has 1 aromatic heterocycles. The van der Waals surface area contributed by atoms with Gasteiger partial charge in [-0.15, -0.1) is 11.3 Å². The SMILES string of the molecule is CC(C)CNCC(Cc1ccccc1)Cc1ccc(Cl)s1. The van der Waals surface area contributed by atoms with Gasteiger partial charge in [0.1, 0.15) is 0 Å². The molecule has 2 aromatic rings. The van der Waals surface area contributed by atoms with Crippen LogP contribution < -0.4 is 5.32 Å². The lowest BCUT2D eigenvalue weighted by atomic mass is 9.95. The van der Waals surface area contributed by atoms with E-state index < -0.39 is 0 Å². The van der Waals surface area contributed by atoms with Gasteiger partial charge in [0.15, 0.2) is 0 Å². The van der Waals surface area contributed by atoms with E-state index in [2.05, 4.69) is 55.6 Å². The summed E-state index contributed by atoms with van der Waals surface area (Å²) in [5.41, 5.74) is 1.41. The van der Waals surface area contributed by atoms with Gasteiger partial charge in [-0.1, -0.05) is 55.8 Å². The zero-order valence-electron chi connectivity index (χ0n) is 12.8. The maximum Gasteiger partial charge on any atom is 0.0931 e. The standard InChI is InChI=1S/C18H24ClNS/c1-14(2)12-20-13-16(10-15-6-4-3-5-7-15)11-17-8-9-18(19)21-17/h3-9,14,16,20H,10-13H2,1-2H3. The molecule has 0 fully saturated rings. The van der Waals surface area contributed by atoms with Crippen LogP contribution in [-0.2, 0) is 12.8 Å². The summed E-state index contributed by atoms with van der Waals surface area (Å²) < 4.78 is 0.888. The zero-order chi connectivity index (χ0) is 15.1. The molecular formula is C18H24ClNS. The van der Waals surface area contributed by atoms with E-state index in [4.69, 9.17) is 11.6 Å². The Morgan fingerprint density at radius 3 is 2.38 bits per heavy atom. The maximum atomic E-state index is 6.05. The second-order valence-corrected chi connectivity index (χ2v) is 7.82. The molecule has 0 aliphatic rings. The highest BCUT2D eigenvalue weighted by Crippen LogP contribution is 2.25. The van der Waals surface area contributed by atoms with E-state index in [0.29, 0.717) is 11.8 Å². The molecule has 21 heavy (non-hydrogen) atoms. The van der Waals surface area contributed by atoms with Crippen molar-refractivity contribution in [2.75, 3.05) is 13.1 Å². The van der Waals surface area contributed by atoms with Gasteiger partial charge in [-0.25, -0.2) is 0 Å². The van der Waals surface area contributed by atoms with Crippen molar-refractivity contribution in [2.45, 2.75) is 26.7 Å². The van der Waals surface area contributed by atoms with Crippen molar-refractivity contribution >= 4 is 22.9 Å². The molecule has 0 aliphatic carbocycles. The van der Waals surface area contributed by atoms with Crippen LogP contribution in [0.1, 0.15) is 24.3 Å². The third-order valence-electron chi connectivity index (χ3n) is 3.47. The molecule has 0 aliphatic heterocycles. The Labute approximate surface area is 137 Å². The number of halogens is 1. The number of hydrogen-bond donors (Lipinski definition) is 1. The van der Waals surface area contributed by atoms with Crippen molar-refractivity contribution < 1.29 is 0 Å². The van der Waals surface area contributed by atoms with E-state index >= 15 is 0 Å². The molecule has 2 rings (SSSR count). The molecule has 1 N–H and O–H groups in total. The molecule has 1 heterocycles. The van der Waals surface area contributed by atoms with Gasteiger partial charge in [0, 0.05) is 4.88 Å². The lowest BCUT2D eigenvalue weighted by molar-refractivity contribution is 0.447. The molecule has 0 spiro atoms. The van der Waals surface area contributed by atoms with Crippen LogP contribution in [0.3, 0.4) is 0 Å². The quantitative estimate of drug-likeness (QED) is 0.717. The third kappa shape index (κ3) is 6.21. The van der Waals surface area contributed by atoms with Gasteiger partial charge < -0.3 is 5.32 Å². The Bertz CT molecular complexity index is 521. The Kier molecular flexibility index (Phi) is 6.75. The van der Waals surface area contributed by atoms with Gasteiger partial charge in [0.05, 0.1) is 4.34 Å². The highest BCUT2D eigenvalue weighted by Gasteiger charge is 2.12. The number of nitrogens with one attached hydrogen (secondary N) is 1. The summed E-state index contributed by atoms with van der Waals surface area (Å²) in [5, 5.41) is 3.60. The summed E-state index contributed by atoms with van der Waals surface area (Å²) in [4.78, 5) is 1.38. The Morgan fingerprint density at radius 2 is 1.76 bits per heavy atom. The lowest BCUT2D eigenvalue weighted by Gasteiger charge is -2.18. The first-order valence-corrected chi connectivity index (χ1v) is 8.81. The fraction of sp³-hybridized carbons (Fsp3) is 0.444. The van der Waals surface area contributed by atoms with Crippen molar-refractivity contribution in [2.24, 2.45) is 11.8 Å². The molecule has 114 valence electrons. The van der Waals surface area contributed by atoms with Crippen molar-refractivity contribution in [3.63, 3.8) is 0 Å². The van der Waals surface area contributed by atoms with Crippen molar-refractivity contribution in [1.82, 2.24) is 5.32 Å². The summed E-state index contributed by atoms with van der Waals surface area (Å²) in [6, 6.07) is 14.9. The zero-order valence-corrected chi connectivity index (χ0v) is 14.4. The molecule has 1 aromatic carbocycles. The molecule has 1 unspecified atom stereocenters. The molecule has 0 saturated carbocycles. The van der Waals surface area contributed by atoms with Crippen molar-refractivity contribution in [1.29, 1.82) is 0 Å². The normalized spacial score (nSPS) is 12.8. The molecule has 0 amide bonds. The summed E-state index contributed by atoms with van der Waals surface area (Å²) in [6.07, 6.45) is 2.21. The fourth-order valence-electron chi connectivity index (χ4n) is 2.49. The Hall–Kier alpha value is -0.830. The predicted molar refractivity (Wildman–Crippen MR) is 94.4 cm³/mol. The van der Waals surface area contributed by atoms with Gasteiger partial charge in [0.2, 0.25) is 0 Å². The van der Waals surface area contributed by atoms with E-state index in [-0.39, 0.29) is 0 Å². The number of rotatable bonds is 8. The van der Waals surface area contributed by atoms with Crippen LogP contribution in [0, 0.1) is 11.8 Å². The smallest absolute Gasteiger partial charge is 0.0931 e. The molecule has 1 atom stereocenters. The minimum atomic E-state index is 0.612. The molecule has 0 bridgehead atoms. The van der Waals surface area contributed by atoms with Crippen LogP contribution in [0.2, 0.25) is 4.34 Å². The summed E-state index contributed by atoms with van der Waals surface area (Å²) in [5.74, 6) is 1.31. The highest BCUT2D eigenvalue weighted by molar-refractivity contribution is 7.16. The minimum absolute atomic E-state index is 0.612. The van der Waals surface area contributed by atoms with E-state index in [1.807, 2.05) is 6.07 Å². The van der Waals surface area contributed by atoms with Gasteiger partial charge in [-0.2, -0.15) is 0 Å². The topological polar surface area (TPSA) is 12.0 Å². The summed E-state index contributed by atoms with van der Waals surface area (Å²) in [7, 11) is 0. The van der Waals surface area contributed by atoms with Gasteiger partial charge in [0.25, 0.3) is 0 Å². The van der Waals surface area contributed by atoms with Crippen LogP contribution in [0.5, 0.6) is 0 Å². The first-order valence-electron chi connectivity index (χ1n) is 7.62. The van der Waals surface area contributed by atoms with Crippen LogP contribution in [0.15, 0.2) is 42.5 Å². The molecule has 3 heteroatoms. The maximum absolute atomic E-state index is 6.05. The van der Waals surface area contributed by atoms with Gasteiger partial charge in [-0.3, -0.25) is 0 Å². The van der Waals surface area contributed by atoms with E-state index in [1.54, 1.807) is 11.3 Å². The third-order valence-corrected chi connectivity index (χ3v) is 4.72.